The molecule has 0 saturated heterocycles. The van der Waals surface area contributed by atoms with Gasteiger partial charge in [-0.15, -0.1) is 0 Å². The first-order valence-electron chi connectivity index (χ1n) is 4.48. The lowest BCUT2D eigenvalue weighted by Gasteiger charge is -2.11. The molecule has 0 radical (unpaired) electrons. The van der Waals surface area contributed by atoms with Crippen LogP contribution in [-0.2, 0) is 11.2 Å². The molecule has 1 aromatic rings. The minimum absolute atomic E-state index is 0.0716. The van der Waals surface area contributed by atoms with Crippen molar-refractivity contribution in [3.63, 3.8) is 0 Å². The first-order chi connectivity index (χ1) is 6.97. The zero-order valence-corrected chi connectivity index (χ0v) is 10.4. The van der Waals surface area contributed by atoms with E-state index >= 15 is 0 Å². The largest absolute Gasteiger partial charge is 0.492 e. The number of ketones is 1. The molecule has 2 nitrogen and oxygen atoms in total. The number of Topliss-reactive ketones (excluding diaryl/α,β-unsaturated/α-hetero) is 1. The number of methoxy groups -OCH3 is 1. The molecule has 0 aromatic heterocycles. The lowest BCUT2D eigenvalue weighted by molar-refractivity contribution is -0.116. The van der Waals surface area contributed by atoms with E-state index in [1.54, 1.807) is 6.07 Å². The summed E-state index contributed by atoms with van der Waals surface area (Å²) in [5.74, 6) is -0.380. The van der Waals surface area contributed by atoms with Gasteiger partial charge in [0.25, 0.3) is 0 Å². The predicted octanol–water partition coefficient (Wildman–Crippen LogP) is 3.04. The summed E-state index contributed by atoms with van der Waals surface area (Å²) in [7, 11) is 1.40. The lowest BCUT2D eigenvalue weighted by Crippen LogP contribution is -2.03. The van der Waals surface area contributed by atoms with E-state index in [0.717, 1.165) is 5.56 Å². The Morgan fingerprint density at radius 1 is 1.60 bits per heavy atom. The molecule has 0 N–H and O–H groups in total. The lowest BCUT2D eigenvalue weighted by atomic mass is 10.1. The third-order valence-corrected chi connectivity index (χ3v) is 3.05. The van der Waals surface area contributed by atoms with Crippen LogP contribution in [0.5, 0.6) is 5.75 Å². The van der Waals surface area contributed by atoms with Crippen LogP contribution in [0.15, 0.2) is 10.5 Å². The molecule has 0 aliphatic rings. The van der Waals surface area contributed by atoms with Gasteiger partial charge in [-0.25, -0.2) is 4.39 Å². The number of hydrogen-bond donors (Lipinski definition) is 0. The summed E-state index contributed by atoms with van der Waals surface area (Å²) >= 11 is 3.24. The van der Waals surface area contributed by atoms with Crippen molar-refractivity contribution in [2.45, 2.75) is 20.3 Å². The molecule has 0 bridgehead atoms. The third kappa shape index (κ3) is 2.56. The number of carbonyl (C=O) groups excluding carboxylic acids is 1. The summed E-state index contributed by atoms with van der Waals surface area (Å²) in [5.41, 5.74) is 1.23. The van der Waals surface area contributed by atoms with Crippen molar-refractivity contribution in [3.05, 3.63) is 27.5 Å². The average Bonchev–Trinajstić information content (AvgIpc) is 2.14. The standard InChI is InChI=1S/C11H12BrFO2/c1-6-4-8(5-7(2)14)10(13)11(15-3)9(6)12/h4H,5H2,1-3H3. The maximum absolute atomic E-state index is 13.8. The smallest absolute Gasteiger partial charge is 0.169 e. The average molecular weight is 275 g/mol. The highest BCUT2D eigenvalue weighted by molar-refractivity contribution is 9.10. The van der Waals surface area contributed by atoms with Gasteiger partial charge in [0.2, 0.25) is 0 Å². The summed E-state index contributed by atoms with van der Waals surface area (Å²) in [5, 5.41) is 0. The molecule has 0 atom stereocenters. The van der Waals surface area contributed by atoms with Crippen LogP contribution in [0.25, 0.3) is 0 Å². The van der Waals surface area contributed by atoms with Gasteiger partial charge in [-0.2, -0.15) is 0 Å². The first-order valence-corrected chi connectivity index (χ1v) is 5.27. The van der Waals surface area contributed by atoms with Crippen LogP contribution in [0.4, 0.5) is 4.39 Å². The molecule has 0 aliphatic carbocycles. The van der Waals surface area contributed by atoms with E-state index in [1.807, 2.05) is 6.92 Å². The first kappa shape index (κ1) is 12.2. The van der Waals surface area contributed by atoms with E-state index in [0.29, 0.717) is 10.0 Å². The second-order valence-corrected chi connectivity index (χ2v) is 4.19. The number of rotatable bonds is 3. The summed E-state index contributed by atoms with van der Waals surface area (Å²) in [4.78, 5) is 10.9. The van der Waals surface area contributed by atoms with Gasteiger partial charge in [0.1, 0.15) is 5.78 Å². The number of aryl methyl sites for hydroxylation is 1. The van der Waals surface area contributed by atoms with Gasteiger partial charge >= 0.3 is 0 Å². The van der Waals surface area contributed by atoms with Gasteiger partial charge in [0.15, 0.2) is 11.6 Å². The number of benzene rings is 1. The topological polar surface area (TPSA) is 26.3 Å². The molecule has 4 heteroatoms. The van der Waals surface area contributed by atoms with E-state index in [1.165, 1.54) is 14.0 Å². The molecule has 0 amide bonds. The molecule has 82 valence electrons. The fourth-order valence-corrected chi connectivity index (χ4v) is 1.84. The van der Waals surface area contributed by atoms with Crippen molar-refractivity contribution in [1.82, 2.24) is 0 Å². The van der Waals surface area contributed by atoms with Crippen LogP contribution in [0.2, 0.25) is 0 Å². The molecular weight excluding hydrogens is 263 g/mol. The van der Waals surface area contributed by atoms with Crippen LogP contribution in [0, 0.1) is 12.7 Å². The van der Waals surface area contributed by atoms with Crippen molar-refractivity contribution < 1.29 is 13.9 Å². The van der Waals surface area contributed by atoms with Crippen molar-refractivity contribution in [2.75, 3.05) is 7.11 Å². The molecule has 0 spiro atoms. The van der Waals surface area contributed by atoms with Gasteiger partial charge in [0.05, 0.1) is 11.6 Å². The van der Waals surface area contributed by atoms with Gasteiger partial charge < -0.3 is 4.74 Å². The minimum atomic E-state index is -0.467. The maximum Gasteiger partial charge on any atom is 0.169 e. The fraction of sp³-hybridized carbons (Fsp3) is 0.364. The van der Waals surface area contributed by atoms with E-state index in [2.05, 4.69) is 15.9 Å². The summed E-state index contributed by atoms with van der Waals surface area (Å²) < 4.78 is 19.3. The van der Waals surface area contributed by atoms with Crippen molar-refractivity contribution in [3.8, 4) is 5.75 Å². The van der Waals surface area contributed by atoms with Crippen LogP contribution in [-0.4, -0.2) is 12.9 Å². The van der Waals surface area contributed by atoms with E-state index in [-0.39, 0.29) is 18.0 Å². The Bertz CT molecular complexity index is 402. The molecule has 0 heterocycles. The van der Waals surface area contributed by atoms with Gasteiger partial charge in [-0.3, -0.25) is 4.79 Å². The van der Waals surface area contributed by atoms with E-state index in [9.17, 15) is 9.18 Å². The summed E-state index contributed by atoms with van der Waals surface area (Å²) in [6, 6.07) is 1.66. The Labute approximate surface area is 96.6 Å². The van der Waals surface area contributed by atoms with Crippen molar-refractivity contribution >= 4 is 21.7 Å². The molecule has 1 aromatic carbocycles. The third-order valence-electron chi connectivity index (χ3n) is 2.06. The summed E-state index contributed by atoms with van der Waals surface area (Å²) in [6.45, 7) is 3.26. The monoisotopic (exact) mass is 274 g/mol. The maximum atomic E-state index is 13.8. The molecule has 0 fully saturated rings. The second-order valence-electron chi connectivity index (χ2n) is 3.39. The molecule has 15 heavy (non-hydrogen) atoms. The Kier molecular flexibility index (Phi) is 3.85. The van der Waals surface area contributed by atoms with Crippen LogP contribution >= 0.6 is 15.9 Å². The highest BCUT2D eigenvalue weighted by Gasteiger charge is 2.16. The zero-order chi connectivity index (χ0) is 11.6. The van der Waals surface area contributed by atoms with Gasteiger partial charge in [-0.05, 0) is 40.9 Å². The number of ether oxygens (including phenoxy) is 1. The molecule has 1 rings (SSSR count). The molecule has 0 saturated carbocycles. The number of carbonyl (C=O) groups is 1. The highest BCUT2D eigenvalue weighted by atomic mass is 79.9. The zero-order valence-electron chi connectivity index (χ0n) is 8.86. The molecule has 0 unspecified atom stereocenters. The minimum Gasteiger partial charge on any atom is -0.492 e. The Morgan fingerprint density at radius 3 is 2.67 bits per heavy atom. The highest BCUT2D eigenvalue weighted by Crippen LogP contribution is 2.33. The van der Waals surface area contributed by atoms with Crippen LogP contribution in [0.3, 0.4) is 0 Å². The van der Waals surface area contributed by atoms with Gasteiger partial charge in [-0.1, -0.05) is 6.07 Å². The van der Waals surface area contributed by atoms with Gasteiger partial charge in [0, 0.05) is 6.42 Å². The normalized spacial score (nSPS) is 10.2. The Hall–Kier alpha value is -0.900. The molecule has 0 aliphatic heterocycles. The van der Waals surface area contributed by atoms with Crippen LogP contribution in [0.1, 0.15) is 18.1 Å². The number of hydrogen-bond acceptors (Lipinski definition) is 2. The Morgan fingerprint density at radius 2 is 2.20 bits per heavy atom. The summed E-state index contributed by atoms with van der Waals surface area (Å²) in [6.07, 6.45) is 0.0936. The quantitative estimate of drug-likeness (QED) is 0.847. The predicted molar refractivity (Wildman–Crippen MR) is 59.8 cm³/mol. The van der Waals surface area contributed by atoms with Crippen molar-refractivity contribution in [1.29, 1.82) is 0 Å². The second kappa shape index (κ2) is 4.75. The van der Waals surface area contributed by atoms with E-state index < -0.39 is 5.82 Å². The van der Waals surface area contributed by atoms with Crippen molar-refractivity contribution in [2.24, 2.45) is 0 Å². The molecular formula is C11H12BrFO2. The van der Waals surface area contributed by atoms with E-state index in [4.69, 9.17) is 4.74 Å². The SMILES string of the molecule is COc1c(F)c(CC(C)=O)cc(C)c1Br. The Balaban J connectivity index is 3.30. The van der Waals surface area contributed by atoms with Crippen LogP contribution < -0.4 is 4.74 Å². The fourth-order valence-electron chi connectivity index (χ4n) is 1.39. The number of halogens is 2.